The van der Waals surface area contributed by atoms with Crippen molar-refractivity contribution in [1.82, 2.24) is 5.32 Å². The number of hydrogen-bond donors (Lipinski definition) is 1. The van der Waals surface area contributed by atoms with Crippen LogP contribution in [-0.2, 0) is 0 Å². The van der Waals surface area contributed by atoms with E-state index in [1.165, 1.54) is 21.6 Å². The average molecular weight is 352 g/mol. The minimum absolute atomic E-state index is 0.0411. The molecule has 0 aliphatic carbocycles. The van der Waals surface area contributed by atoms with Gasteiger partial charge in [0.15, 0.2) is 0 Å². The average Bonchev–Trinajstić information content (AvgIpc) is 3.19. The fourth-order valence-electron chi connectivity index (χ4n) is 1.80. The third kappa shape index (κ3) is 8.81. The number of nitrogens with one attached hydrogen (secondary N) is 1. The van der Waals surface area contributed by atoms with Crippen molar-refractivity contribution >= 4 is 39.5 Å². The normalized spacial score (nSPS) is 18.7. The summed E-state index contributed by atoms with van der Waals surface area (Å²) in [5, 5.41) is 5.03. The van der Waals surface area contributed by atoms with E-state index in [4.69, 9.17) is 0 Å². The van der Waals surface area contributed by atoms with E-state index in [1.807, 2.05) is 41.7 Å². The lowest BCUT2D eigenvalue weighted by Gasteiger charge is -1.96. The Labute approximate surface area is 147 Å². The minimum Gasteiger partial charge on any atom is -0.355 e. The van der Waals surface area contributed by atoms with Crippen LogP contribution in [-0.4, -0.2) is 47.1 Å². The van der Waals surface area contributed by atoms with Gasteiger partial charge in [-0.1, -0.05) is 18.2 Å². The SMILES string of the molecule is CC1=NC(C)CS1.CC1=NCCS1.CNC(=O)c1ccccc1. The molecule has 4 nitrogen and oxygen atoms in total. The van der Waals surface area contributed by atoms with Crippen molar-refractivity contribution < 1.29 is 4.79 Å². The third-order valence-electron chi connectivity index (χ3n) is 2.94. The van der Waals surface area contributed by atoms with Gasteiger partial charge in [0, 0.05) is 30.7 Å². The Hall–Kier alpha value is -1.27. The van der Waals surface area contributed by atoms with E-state index >= 15 is 0 Å². The predicted octanol–water partition coefficient (Wildman–Crippen LogP) is 3.74. The Morgan fingerprint density at radius 2 is 1.87 bits per heavy atom. The molecule has 1 aromatic rings. The summed E-state index contributed by atoms with van der Waals surface area (Å²) in [5.74, 6) is 2.35. The van der Waals surface area contributed by atoms with E-state index in [0.29, 0.717) is 11.6 Å². The first-order valence-electron chi connectivity index (χ1n) is 7.61. The van der Waals surface area contributed by atoms with Gasteiger partial charge < -0.3 is 5.32 Å². The van der Waals surface area contributed by atoms with Crippen molar-refractivity contribution in [2.75, 3.05) is 25.1 Å². The topological polar surface area (TPSA) is 53.8 Å². The summed E-state index contributed by atoms with van der Waals surface area (Å²) in [4.78, 5) is 19.3. The largest absolute Gasteiger partial charge is 0.355 e. The highest BCUT2D eigenvalue weighted by Gasteiger charge is 2.07. The molecule has 1 N–H and O–H groups in total. The fraction of sp³-hybridized carbons (Fsp3) is 0.471. The van der Waals surface area contributed by atoms with Crippen LogP contribution < -0.4 is 5.32 Å². The van der Waals surface area contributed by atoms with Crippen LogP contribution >= 0.6 is 23.5 Å². The van der Waals surface area contributed by atoms with Crippen molar-refractivity contribution in [1.29, 1.82) is 0 Å². The van der Waals surface area contributed by atoms with Crippen LogP contribution in [0.3, 0.4) is 0 Å². The van der Waals surface area contributed by atoms with Gasteiger partial charge in [-0.25, -0.2) is 0 Å². The van der Waals surface area contributed by atoms with Gasteiger partial charge in [0.05, 0.1) is 16.1 Å². The van der Waals surface area contributed by atoms with E-state index in [0.717, 1.165) is 6.54 Å². The number of amides is 1. The van der Waals surface area contributed by atoms with Crippen molar-refractivity contribution in [3.63, 3.8) is 0 Å². The number of carbonyl (C=O) groups excluding carboxylic acids is 1. The second-order valence-electron chi connectivity index (χ2n) is 5.00. The molecule has 0 radical (unpaired) electrons. The highest BCUT2D eigenvalue weighted by atomic mass is 32.2. The monoisotopic (exact) mass is 351 g/mol. The molecule has 126 valence electrons. The molecule has 1 atom stereocenters. The van der Waals surface area contributed by atoms with Crippen molar-refractivity contribution in [2.45, 2.75) is 26.8 Å². The molecule has 2 aliphatic rings. The minimum atomic E-state index is -0.0411. The molecular formula is C17H25N3OS2. The summed E-state index contributed by atoms with van der Waals surface area (Å²) in [6.07, 6.45) is 0. The van der Waals surface area contributed by atoms with Gasteiger partial charge in [0.1, 0.15) is 0 Å². The second-order valence-corrected chi connectivity index (χ2v) is 7.50. The van der Waals surface area contributed by atoms with Gasteiger partial charge in [-0.3, -0.25) is 14.8 Å². The van der Waals surface area contributed by atoms with Crippen LogP contribution in [0.4, 0.5) is 0 Å². The molecule has 0 saturated heterocycles. The maximum atomic E-state index is 10.9. The zero-order chi connectivity index (χ0) is 17.1. The highest BCUT2D eigenvalue weighted by Crippen LogP contribution is 2.16. The molecule has 2 heterocycles. The van der Waals surface area contributed by atoms with Gasteiger partial charge in [-0.2, -0.15) is 0 Å². The van der Waals surface area contributed by atoms with Crippen LogP contribution in [0, 0.1) is 0 Å². The molecule has 1 amide bonds. The van der Waals surface area contributed by atoms with E-state index in [2.05, 4.69) is 36.1 Å². The number of thioether (sulfide) groups is 2. The number of carbonyl (C=O) groups is 1. The van der Waals surface area contributed by atoms with Crippen LogP contribution in [0.25, 0.3) is 0 Å². The smallest absolute Gasteiger partial charge is 0.251 e. The summed E-state index contributed by atoms with van der Waals surface area (Å²) < 4.78 is 0. The zero-order valence-corrected chi connectivity index (χ0v) is 15.8. The number of aliphatic imine (C=N–C) groups is 2. The first kappa shape index (κ1) is 19.8. The Balaban J connectivity index is 0.000000179. The summed E-state index contributed by atoms with van der Waals surface area (Å²) in [6.45, 7) is 7.30. The first-order chi connectivity index (χ1) is 11.0. The number of nitrogens with zero attached hydrogens (tertiary/aromatic N) is 2. The van der Waals surface area contributed by atoms with E-state index in [9.17, 15) is 4.79 Å². The highest BCUT2D eigenvalue weighted by molar-refractivity contribution is 8.14. The van der Waals surface area contributed by atoms with E-state index in [-0.39, 0.29) is 5.91 Å². The summed E-state index contributed by atoms with van der Waals surface area (Å²) in [5.41, 5.74) is 0.699. The van der Waals surface area contributed by atoms with Crippen molar-refractivity contribution in [3.05, 3.63) is 35.9 Å². The molecule has 0 spiro atoms. The molecule has 0 aromatic heterocycles. The van der Waals surface area contributed by atoms with Crippen molar-refractivity contribution in [2.24, 2.45) is 9.98 Å². The Morgan fingerprint density at radius 3 is 2.17 bits per heavy atom. The lowest BCUT2D eigenvalue weighted by atomic mass is 10.2. The molecule has 3 rings (SSSR count). The zero-order valence-electron chi connectivity index (χ0n) is 14.2. The number of benzene rings is 1. The van der Waals surface area contributed by atoms with Gasteiger partial charge >= 0.3 is 0 Å². The summed E-state index contributed by atoms with van der Waals surface area (Å²) in [6, 6.07) is 9.68. The third-order valence-corrected chi connectivity index (χ3v) is 5.04. The standard InChI is InChI=1S/C8H9NO.C5H9NS.C4H7NS/c1-9-8(10)7-5-3-2-4-6-7;1-4-3-7-5(2)6-4;1-4-5-2-3-6-4/h2-6H,1H3,(H,9,10);4H,3H2,1-2H3;2-3H2,1H3. The van der Waals surface area contributed by atoms with Gasteiger partial charge in [-0.05, 0) is 32.9 Å². The Kier molecular flexibility index (Phi) is 9.71. The Bertz CT molecular complexity index is 544. The van der Waals surface area contributed by atoms with Gasteiger partial charge in [0.2, 0.25) is 0 Å². The molecule has 23 heavy (non-hydrogen) atoms. The summed E-state index contributed by atoms with van der Waals surface area (Å²) >= 11 is 3.70. The van der Waals surface area contributed by atoms with Crippen molar-refractivity contribution in [3.8, 4) is 0 Å². The Morgan fingerprint density at radius 1 is 1.17 bits per heavy atom. The number of rotatable bonds is 1. The quantitative estimate of drug-likeness (QED) is 0.838. The molecule has 2 aliphatic heterocycles. The lowest BCUT2D eigenvalue weighted by molar-refractivity contribution is 0.0963. The molecule has 0 saturated carbocycles. The van der Waals surface area contributed by atoms with Crippen LogP contribution in [0.5, 0.6) is 0 Å². The van der Waals surface area contributed by atoms with Crippen LogP contribution in [0.1, 0.15) is 31.1 Å². The molecule has 1 aromatic carbocycles. The molecular weight excluding hydrogens is 326 g/mol. The maximum Gasteiger partial charge on any atom is 0.251 e. The predicted molar refractivity (Wildman–Crippen MR) is 105 cm³/mol. The number of hydrogen-bond acceptors (Lipinski definition) is 5. The van der Waals surface area contributed by atoms with Gasteiger partial charge in [-0.15, -0.1) is 23.5 Å². The molecule has 0 fully saturated rings. The van der Waals surface area contributed by atoms with Gasteiger partial charge in [0.25, 0.3) is 5.91 Å². The molecule has 1 unspecified atom stereocenters. The second kappa shape index (κ2) is 11.3. The van der Waals surface area contributed by atoms with Crippen LogP contribution in [0.2, 0.25) is 0 Å². The van der Waals surface area contributed by atoms with Crippen LogP contribution in [0.15, 0.2) is 40.3 Å². The fourth-order valence-corrected chi connectivity index (χ4v) is 3.27. The van der Waals surface area contributed by atoms with E-state index in [1.54, 1.807) is 19.2 Å². The summed E-state index contributed by atoms with van der Waals surface area (Å²) in [7, 11) is 1.62. The van der Waals surface area contributed by atoms with E-state index < -0.39 is 0 Å². The molecule has 0 bridgehead atoms. The maximum absolute atomic E-state index is 10.9. The first-order valence-corrected chi connectivity index (χ1v) is 9.58. The lowest BCUT2D eigenvalue weighted by Crippen LogP contribution is -2.17. The molecule has 6 heteroatoms.